The van der Waals surface area contributed by atoms with E-state index in [1.54, 1.807) is 18.2 Å². The molecule has 7 heteroatoms. The number of rotatable bonds is 5. The zero-order valence-corrected chi connectivity index (χ0v) is 12.9. The van der Waals surface area contributed by atoms with E-state index in [0.717, 1.165) is 13.1 Å². The van der Waals surface area contributed by atoms with Gasteiger partial charge >= 0.3 is 0 Å². The fourth-order valence-electron chi connectivity index (χ4n) is 2.92. The van der Waals surface area contributed by atoms with Crippen molar-refractivity contribution in [2.45, 2.75) is 12.1 Å². The van der Waals surface area contributed by atoms with Crippen LogP contribution in [0.5, 0.6) is 11.5 Å². The summed E-state index contributed by atoms with van der Waals surface area (Å²) in [6.45, 7) is 4.13. The Morgan fingerprint density at radius 3 is 2.83 bits per heavy atom. The molecular formula is C16H22N2O5. The highest BCUT2D eigenvalue weighted by Crippen LogP contribution is 2.24. The molecule has 2 fully saturated rings. The number of phenolic OH excluding ortho intramolecular Hbond substituents is 1. The number of phenols is 1. The van der Waals surface area contributed by atoms with Gasteiger partial charge in [-0.05, 0) is 12.1 Å². The van der Waals surface area contributed by atoms with Crippen LogP contribution in [-0.2, 0) is 14.3 Å². The Morgan fingerprint density at radius 2 is 2.04 bits per heavy atom. The molecule has 2 aliphatic rings. The van der Waals surface area contributed by atoms with Crippen LogP contribution in [0.3, 0.4) is 0 Å². The van der Waals surface area contributed by atoms with Crippen molar-refractivity contribution in [3.8, 4) is 11.5 Å². The highest BCUT2D eigenvalue weighted by Gasteiger charge is 2.34. The zero-order chi connectivity index (χ0) is 16.1. The maximum Gasteiger partial charge on any atom is 0.258 e. The number of carbonyl (C=O) groups excluding carboxylic acids is 1. The molecule has 0 spiro atoms. The molecule has 126 valence electrons. The summed E-state index contributed by atoms with van der Waals surface area (Å²) in [5.41, 5.74) is 0. The first-order chi connectivity index (χ1) is 11.2. The SMILES string of the molecule is O=C(COc1ccccc1O)N[C@H]1COC[C@@H]1N1CCOCC1. The molecule has 2 saturated heterocycles. The average molecular weight is 322 g/mol. The van der Waals surface area contributed by atoms with Crippen LogP contribution < -0.4 is 10.1 Å². The molecule has 0 radical (unpaired) electrons. The summed E-state index contributed by atoms with van der Waals surface area (Å²) in [4.78, 5) is 14.4. The zero-order valence-electron chi connectivity index (χ0n) is 12.9. The lowest BCUT2D eigenvalue weighted by molar-refractivity contribution is -0.124. The second-order valence-corrected chi connectivity index (χ2v) is 5.68. The van der Waals surface area contributed by atoms with E-state index in [1.807, 2.05) is 0 Å². The third-order valence-electron chi connectivity index (χ3n) is 4.14. The molecule has 1 aromatic carbocycles. The van der Waals surface area contributed by atoms with Crippen LogP contribution in [-0.4, -0.2) is 74.1 Å². The lowest BCUT2D eigenvalue weighted by Gasteiger charge is -2.34. The van der Waals surface area contributed by atoms with Crippen molar-refractivity contribution in [1.82, 2.24) is 10.2 Å². The van der Waals surface area contributed by atoms with Gasteiger partial charge in [0.1, 0.15) is 0 Å². The van der Waals surface area contributed by atoms with Crippen LogP contribution in [0.15, 0.2) is 24.3 Å². The van der Waals surface area contributed by atoms with Gasteiger partial charge in [-0.3, -0.25) is 9.69 Å². The van der Waals surface area contributed by atoms with E-state index < -0.39 is 0 Å². The topological polar surface area (TPSA) is 80.3 Å². The van der Waals surface area contributed by atoms with E-state index in [2.05, 4.69) is 10.2 Å². The summed E-state index contributed by atoms with van der Waals surface area (Å²) < 4.78 is 16.2. The molecule has 2 aliphatic heterocycles. The lowest BCUT2D eigenvalue weighted by Crippen LogP contribution is -2.54. The van der Waals surface area contributed by atoms with Crippen LogP contribution in [0, 0.1) is 0 Å². The number of aromatic hydroxyl groups is 1. The molecule has 2 N–H and O–H groups in total. The van der Waals surface area contributed by atoms with Crippen LogP contribution in [0.1, 0.15) is 0 Å². The molecule has 3 rings (SSSR count). The Hall–Kier alpha value is -1.83. The van der Waals surface area contributed by atoms with E-state index >= 15 is 0 Å². The van der Waals surface area contributed by atoms with Crippen LogP contribution in [0.2, 0.25) is 0 Å². The number of nitrogens with zero attached hydrogens (tertiary/aromatic N) is 1. The maximum absolute atomic E-state index is 12.1. The number of morpholine rings is 1. The molecule has 1 amide bonds. The summed E-state index contributed by atoms with van der Waals surface area (Å²) in [7, 11) is 0. The average Bonchev–Trinajstić information content (AvgIpc) is 3.03. The van der Waals surface area contributed by atoms with E-state index in [1.165, 1.54) is 6.07 Å². The largest absolute Gasteiger partial charge is 0.504 e. The molecule has 0 saturated carbocycles. The van der Waals surface area contributed by atoms with Crippen LogP contribution >= 0.6 is 0 Å². The van der Waals surface area contributed by atoms with Gasteiger partial charge in [0.05, 0.1) is 38.5 Å². The summed E-state index contributed by atoms with van der Waals surface area (Å²) in [6.07, 6.45) is 0. The standard InChI is InChI=1S/C16H22N2O5/c19-14-3-1-2-4-15(14)23-11-16(20)17-12-9-22-10-13(12)18-5-7-21-8-6-18/h1-4,12-13,19H,5-11H2,(H,17,20)/t12-,13-/m0/s1. The molecule has 1 aromatic rings. The predicted molar refractivity (Wildman–Crippen MR) is 82.5 cm³/mol. The number of benzene rings is 1. The molecule has 0 unspecified atom stereocenters. The first-order valence-electron chi connectivity index (χ1n) is 7.84. The smallest absolute Gasteiger partial charge is 0.258 e. The van der Waals surface area contributed by atoms with Crippen molar-refractivity contribution in [2.75, 3.05) is 46.1 Å². The quantitative estimate of drug-likeness (QED) is 0.793. The Labute approximate surface area is 135 Å². The molecule has 0 aliphatic carbocycles. The van der Waals surface area contributed by atoms with E-state index in [0.29, 0.717) is 32.2 Å². The number of carbonyl (C=O) groups is 1. The first-order valence-corrected chi connectivity index (χ1v) is 7.84. The molecular weight excluding hydrogens is 300 g/mol. The molecule has 7 nitrogen and oxygen atoms in total. The highest BCUT2D eigenvalue weighted by molar-refractivity contribution is 5.78. The number of ether oxygens (including phenoxy) is 3. The van der Waals surface area contributed by atoms with Gasteiger partial charge in [-0.2, -0.15) is 0 Å². The van der Waals surface area contributed by atoms with Crippen molar-refractivity contribution in [3.63, 3.8) is 0 Å². The van der Waals surface area contributed by atoms with E-state index in [-0.39, 0.29) is 30.3 Å². The second kappa shape index (κ2) is 7.63. The van der Waals surface area contributed by atoms with Crippen molar-refractivity contribution >= 4 is 5.91 Å². The van der Waals surface area contributed by atoms with Gasteiger partial charge in [-0.15, -0.1) is 0 Å². The molecule has 0 bridgehead atoms. The summed E-state index contributed by atoms with van der Waals surface area (Å²) in [6, 6.07) is 6.71. The molecule has 2 atom stereocenters. The summed E-state index contributed by atoms with van der Waals surface area (Å²) >= 11 is 0. The van der Waals surface area contributed by atoms with Crippen molar-refractivity contribution in [2.24, 2.45) is 0 Å². The van der Waals surface area contributed by atoms with Gasteiger partial charge in [-0.1, -0.05) is 12.1 Å². The van der Waals surface area contributed by atoms with Crippen molar-refractivity contribution in [3.05, 3.63) is 24.3 Å². The van der Waals surface area contributed by atoms with E-state index in [9.17, 15) is 9.90 Å². The van der Waals surface area contributed by atoms with Gasteiger partial charge in [-0.25, -0.2) is 0 Å². The fourth-order valence-corrected chi connectivity index (χ4v) is 2.92. The third kappa shape index (κ3) is 4.13. The van der Waals surface area contributed by atoms with Gasteiger partial charge < -0.3 is 24.6 Å². The molecule has 2 heterocycles. The fraction of sp³-hybridized carbons (Fsp3) is 0.562. The Bertz CT molecular complexity index is 533. The van der Waals surface area contributed by atoms with Gasteiger partial charge in [0.2, 0.25) is 0 Å². The Balaban J connectivity index is 1.49. The monoisotopic (exact) mass is 322 g/mol. The predicted octanol–water partition coefficient (Wildman–Crippen LogP) is -0.0132. The second-order valence-electron chi connectivity index (χ2n) is 5.68. The number of nitrogens with one attached hydrogen (secondary N) is 1. The number of hydrogen-bond acceptors (Lipinski definition) is 6. The summed E-state index contributed by atoms with van der Waals surface area (Å²) in [5, 5.41) is 12.6. The van der Waals surface area contributed by atoms with Gasteiger partial charge in [0.25, 0.3) is 5.91 Å². The number of para-hydroxylation sites is 2. The number of amides is 1. The Morgan fingerprint density at radius 1 is 1.26 bits per heavy atom. The normalized spacial score (nSPS) is 25.2. The van der Waals surface area contributed by atoms with Crippen LogP contribution in [0.25, 0.3) is 0 Å². The van der Waals surface area contributed by atoms with Gasteiger partial charge in [0, 0.05) is 13.1 Å². The molecule has 0 aromatic heterocycles. The highest BCUT2D eigenvalue weighted by atomic mass is 16.5. The minimum absolute atomic E-state index is 0.0238. The van der Waals surface area contributed by atoms with E-state index in [4.69, 9.17) is 14.2 Å². The van der Waals surface area contributed by atoms with Crippen molar-refractivity contribution in [1.29, 1.82) is 0 Å². The van der Waals surface area contributed by atoms with Gasteiger partial charge in [0.15, 0.2) is 18.1 Å². The first kappa shape index (κ1) is 16.0. The summed E-state index contributed by atoms with van der Waals surface area (Å²) in [5.74, 6) is 0.104. The maximum atomic E-state index is 12.1. The molecule has 23 heavy (non-hydrogen) atoms. The lowest BCUT2D eigenvalue weighted by atomic mass is 10.1. The minimum atomic E-state index is -0.220. The van der Waals surface area contributed by atoms with Crippen molar-refractivity contribution < 1.29 is 24.1 Å². The minimum Gasteiger partial charge on any atom is -0.504 e. The Kier molecular flexibility index (Phi) is 5.32. The van der Waals surface area contributed by atoms with Crippen LogP contribution in [0.4, 0.5) is 0 Å². The third-order valence-corrected chi connectivity index (χ3v) is 4.14. The number of hydrogen-bond donors (Lipinski definition) is 2.